The van der Waals surface area contributed by atoms with Crippen molar-refractivity contribution in [3.8, 4) is 0 Å². The molecule has 0 radical (unpaired) electrons. The maximum Gasteiger partial charge on any atom is 0.0628 e. The molecule has 0 saturated heterocycles. The number of alkyl halides is 1. The van der Waals surface area contributed by atoms with Gasteiger partial charge in [-0.15, -0.1) is 11.6 Å². The fourth-order valence-corrected chi connectivity index (χ4v) is 4.53. The van der Waals surface area contributed by atoms with Gasteiger partial charge in [-0.05, 0) is 49.9 Å². The molecule has 3 heteroatoms. The van der Waals surface area contributed by atoms with Crippen LogP contribution < -0.4 is 0 Å². The Balaban J connectivity index is 1.85. The van der Waals surface area contributed by atoms with Crippen molar-refractivity contribution in [3.05, 3.63) is 24.3 Å². The lowest BCUT2D eigenvalue weighted by atomic mass is 9.66. The summed E-state index contributed by atoms with van der Waals surface area (Å²) < 4.78 is 0. The number of hydrogen-bond acceptors (Lipinski definition) is 2. The molecule has 2 aliphatic rings. The van der Waals surface area contributed by atoms with Crippen molar-refractivity contribution >= 4 is 11.6 Å². The van der Waals surface area contributed by atoms with E-state index in [9.17, 15) is 10.2 Å². The van der Waals surface area contributed by atoms with Gasteiger partial charge in [0.25, 0.3) is 0 Å². The lowest BCUT2D eigenvalue weighted by molar-refractivity contribution is -0.0177. The predicted molar refractivity (Wildman–Crippen MR) is 102 cm³/mol. The Kier molecular flexibility index (Phi) is 7.84. The molecule has 2 aliphatic carbocycles. The first-order chi connectivity index (χ1) is 11.5. The molecule has 2 fully saturated rings. The van der Waals surface area contributed by atoms with Gasteiger partial charge >= 0.3 is 0 Å². The summed E-state index contributed by atoms with van der Waals surface area (Å²) in [5.41, 5.74) is 0.106. The first kappa shape index (κ1) is 20.0. The predicted octanol–water partition coefficient (Wildman–Crippen LogP) is 5.22. The van der Waals surface area contributed by atoms with Crippen LogP contribution in [0.3, 0.4) is 0 Å². The molecule has 2 rings (SSSR count). The molecule has 5 atom stereocenters. The minimum Gasteiger partial charge on any atom is -0.392 e. The number of rotatable bonds is 9. The fraction of sp³-hybridized carbons (Fsp3) is 0.810. The van der Waals surface area contributed by atoms with Crippen molar-refractivity contribution in [2.24, 2.45) is 17.3 Å². The van der Waals surface area contributed by atoms with Gasteiger partial charge in [-0.1, -0.05) is 57.4 Å². The van der Waals surface area contributed by atoms with Crippen molar-refractivity contribution in [1.82, 2.24) is 0 Å². The number of unbranched alkanes of at least 4 members (excludes halogenated alkanes) is 2. The van der Waals surface area contributed by atoms with Crippen LogP contribution in [0, 0.1) is 17.3 Å². The maximum absolute atomic E-state index is 10.4. The van der Waals surface area contributed by atoms with Crippen LogP contribution >= 0.6 is 11.6 Å². The summed E-state index contributed by atoms with van der Waals surface area (Å²) in [6.45, 7) is 4.38. The Bertz CT molecular complexity index is 428. The number of aliphatic hydroxyl groups is 2. The second-order valence-electron chi connectivity index (χ2n) is 8.10. The van der Waals surface area contributed by atoms with Crippen molar-refractivity contribution in [2.75, 3.05) is 0 Å². The van der Waals surface area contributed by atoms with Crippen molar-refractivity contribution < 1.29 is 10.2 Å². The van der Waals surface area contributed by atoms with Crippen molar-refractivity contribution in [3.63, 3.8) is 0 Å². The minimum atomic E-state index is -0.353. The first-order valence-electron chi connectivity index (χ1n) is 9.80. The van der Waals surface area contributed by atoms with Crippen LogP contribution in [0.5, 0.6) is 0 Å². The Morgan fingerprint density at radius 1 is 1.25 bits per heavy atom. The van der Waals surface area contributed by atoms with Crippen molar-refractivity contribution in [2.45, 2.75) is 89.2 Å². The van der Waals surface area contributed by atoms with E-state index in [1.54, 1.807) is 0 Å². The zero-order valence-corrected chi connectivity index (χ0v) is 16.1. The number of halogens is 1. The number of allylic oxidation sites excluding steroid dienone is 2. The molecular formula is C21H35ClO2. The SMILES string of the molecule is CCCC/C=C\C[C@@H]1[C@@H](/C=C/CC(O)C2(C)CCC2)[C@H](O)C[C@H]1Cl. The van der Waals surface area contributed by atoms with E-state index in [-0.39, 0.29) is 28.9 Å². The van der Waals surface area contributed by atoms with Gasteiger partial charge in [0.15, 0.2) is 0 Å². The minimum absolute atomic E-state index is 0.0412. The Labute approximate surface area is 153 Å². The highest BCUT2D eigenvalue weighted by molar-refractivity contribution is 6.21. The summed E-state index contributed by atoms with van der Waals surface area (Å²) in [5.74, 6) is 0.414. The number of aliphatic hydroxyl groups excluding tert-OH is 2. The Hall–Kier alpha value is -0.310. The van der Waals surface area contributed by atoms with Crippen molar-refractivity contribution in [1.29, 1.82) is 0 Å². The number of hydrogen-bond donors (Lipinski definition) is 2. The molecule has 2 nitrogen and oxygen atoms in total. The standard InChI is InChI=1S/C21H35ClO2/c1-3-4-5-6-7-10-16-17(19(23)15-18(16)22)11-8-12-20(24)21(2)13-9-14-21/h6-8,11,16-20,23-24H,3-5,9-10,12-15H2,1-2H3/b7-6-,11-8+/t16-,17-,18-,19-,20?/m1/s1. The highest BCUT2D eigenvalue weighted by Gasteiger charge is 2.40. The molecule has 24 heavy (non-hydrogen) atoms. The summed E-state index contributed by atoms with van der Waals surface area (Å²) in [7, 11) is 0. The highest BCUT2D eigenvalue weighted by atomic mass is 35.5. The van der Waals surface area contributed by atoms with Gasteiger partial charge in [0.1, 0.15) is 0 Å². The van der Waals surface area contributed by atoms with Crippen LogP contribution in [0.25, 0.3) is 0 Å². The van der Waals surface area contributed by atoms with Crippen LogP contribution in [0.1, 0.15) is 71.6 Å². The third-order valence-electron chi connectivity index (χ3n) is 6.19. The smallest absolute Gasteiger partial charge is 0.0628 e. The van der Waals surface area contributed by atoms with E-state index in [2.05, 4.69) is 38.2 Å². The molecule has 0 aromatic rings. The molecule has 2 saturated carbocycles. The molecule has 2 N–H and O–H groups in total. The monoisotopic (exact) mass is 354 g/mol. The third kappa shape index (κ3) is 5.09. The molecule has 1 unspecified atom stereocenters. The van der Waals surface area contributed by atoms with Crippen LogP contribution in [-0.2, 0) is 0 Å². The van der Waals surface area contributed by atoms with E-state index < -0.39 is 0 Å². The van der Waals surface area contributed by atoms with E-state index in [1.807, 2.05) is 0 Å². The molecule has 0 aliphatic heterocycles. The Morgan fingerprint density at radius 3 is 2.62 bits per heavy atom. The quantitative estimate of drug-likeness (QED) is 0.338. The average Bonchev–Trinajstić information content (AvgIpc) is 2.78. The van der Waals surface area contributed by atoms with E-state index in [0.29, 0.717) is 18.8 Å². The van der Waals surface area contributed by atoms with Gasteiger partial charge in [-0.25, -0.2) is 0 Å². The van der Waals surface area contributed by atoms with E-state index >= 15 is 0 Å². The summed E-state index contributed by atoms with van der Waals surface area (Å²) in [6.07, 6.45) is 17.4. The molecule has 0 aromatic carbocycles. The molecule has 0 spiro atoms. The van der Waals surface area contributed by atoms with E-state index in [4.69, 9.17) is 11.6 Å². The second kappa shape index (κ2) is 9.40. The lowest BCUT2D eigenvalue weighted by Gasteiger charge is -2.42. The Morgan fingerprint density at radius 2 is 2.00 bits per heavy atom. The molecule has 138 valence electrons. The first-order valence-corrected chi connectivity index (χ1v) is 10.2. The fourth-order valence-electron chi connectivity index (χ4n) is 4.07. The van der Waals surface area contributed by atoms with Gasteiger partial charge in [-0.3, -0.25) is 0 Å². The van der Waals surface area contributed by atoms with Crippen LogP contribution in [0.4, 0.5) is 0 Å². The average molecular weight is 355 g/mol. The van der Waals surface area contributed by atoms with Gasteiger partial charge < -0.3 is 10.2 Å². The van der Waals surface area contributed by atoms with Gasteiger partial charge in [-0.2, -0.15) is 0 Å². The zero-order valence-electron chi connectivity index (χ0n) is 15.3. The van der Waals surface area contributed by atoms with Gasteiger partial charge in [0.2, 0.25) is 0 Å². The van der Waals surface area contributed by atoms with Crippen LogP contribution in [0.15, 0.2) is 24.3 Å². The molecule has 0 amide bonds. The summed E-state index contributed by atoms with van der Waals surface area (Å²) >= 11 is 6.48. The van der Waals surface area contributed by atoms with Crippen LogP contribution in [0.2, 0.25) is 0 Å². The van der Waals surface area contributed by atoms with Crippen LogP contribution in [-0.4, -0.2) is 27.8 Å². The molecule has 0 heterocycles. The third-order valence-corrected chi connectivity index (χ3v) is 6.69. The summed E-state index contributed by atoms with van der Waals surface area (Å²) in [5, 5.41) is 20.7. The van der Waals surface area contributed by atoms with Gasteiger partial charge in [0.05, 0.1) is 12.2 Å². The van der Waals surface area contributed by atoms with E-state index in [1.165, 1.54) is 19.3 Å². The summed E-state index contributed by atoms with van der Waals surface area (Å²) in [4.78, 5) is 0. The molecular weight excluding hydrogens is 320 g/mol. The highest BCUT2D eigenvalue weighted by Crippen LogP contribution is 2.44. The molecule has 0 aromatic heterocycles. The van der Waals surface area contributed by atoms with Gasteiger partial charge in [0, 0.05) is 11.3 Å². The second-order valence-corrected chi connectivity index (χ2v) is 8.66. The topological polar surface area (TPSA) is 40.5 Å². The maximum atomic E-state index is 10.4. The summed E-state index contributed by atoms with van der Waals surface area (Å²) in [6, 6.07) is 0. The normalized spacial score (nSPS) is 34.0. The lowest BCUT2D eigenvalue weighted by Crippen LogP contribution is -2.38. The zero-order chi connectivity index (χ0) is 17.6. The van der Waals surface area contributed by atoms with E-state index in [0.717, 1.165) is 25.7 Å². The molecule has 0 bridgehead atoms. The largest absolute Gasteiger partial charge is 0.392 e.